The topological polar surface area (TPSA) is 84.2 Å². The van der Waals surface area contributed by atoms with Crippen LogP contribution in [0.25, 0.3) is 0 Å². The Kier molecular flexibility index (Phi) is 8.40. The summed E-state index contributed by atoms with van der Waals surface area (Å²) < 4.78 is 26.3. The van der Waals surface area contributed by atoms with Crippen molar-refractivity contribution in [2.75, 3.05) is 26.3 Å². The van der Waals surface area contributed by atoms with Crippen LogP contribution in [-0.2, 0) is 13.1 Å². The maximum atomic E-state index is 13.1. The predicted molar refractivity (Wildman–Crippen MR) is 135 cm³/mol. The summed E-state index contributed by atoms with van der Waals surface area (Å²) in [6.45, 7) is 4.50. The third-order valence-electron chi connectivity index (χ3n) is 6.41. The van der Waals surface area contributed by atoms with Crippen LogP contribution in [0.3, 0.4) is 0 Å². The molecule has 3 aromatic rings. The number of rotatable bonds is 10. The monoisotopic (exact) mass is 496 g/mol. The molecule has 0 radical (unpaired) electrons. The maximum absolute atomic E-state index is 13.1. The van der Waals surface area contributed by atoms with Gasteiger partial charge in [-0.15, -0.1) is 0 Å². The molecule has 0 spiro atoms. The van der Waals surface area contributed by atoms with Gasteiger partial charge < -0.3 is 24.3 Å². The standard InChI is InChI=1S/C28H33FN2O5/c1-21-3-12-27(33)31(17-21)14-2-16-35-24-8-4-22(5-9-24)18-30-15-13-26(32)28(34,19-30)20-36-25-10-6-23(29)7-11-25/h3-12,17,26,32,34H,2,13-16,18-20H2,1H3/t26-,28-/m0/s1. The molecule has 2 N–H and O–H groups in total. The Morgan fingerprint density at radius 2 is 1.72 bits per heavy atom. The Morgan fingerprint density at radius 1 is 1.03 bits per heavy atom. The number of likely N-dealkylation sites (tertiary alicyclic amines) is 1. The summed E-state index contributed by atoms with van der Waals surface area (Å²) in [5.41, 5.74) is 0.679. The second kappa shape index (κ2) is 11.7. The SMILES string of the molecule is Cc1ccc(=O)n(CCCOc2ccc(CN3CC[C@H](O)[C@@](O)(COc4ccc(F)cc4)C3)cc2)c1. The molecule has 0 aliphatic carbocycles. The van der Waals surface area contributed by atoms with Gasteiger partial charge in [-0.1, -0.05) is 18.2 Å². The quantitative estimate of drug-likeness (QED) is 0.420. The highest BCUT2D eigenvalue weighted by Gasteiger charge is 2.42. The smallest absolute Gasteiger partial charge is 0.250 e. The minimum Gasteiger partial charge on any atom is -0.494 e. The number of hydrogen-bond donors (Lipinski definition) is 2. The van der Waals surface area contributed by atoms with E-state index in [1.807, 2.05) is 43.5 Å². The number of aliphatic hydroxyl groups is 2. The molecule has 0 amide bonds. The molecule has 0 unspecified atom stereocenters. The van der Waals surface area contributed by atoms with Gasteiger partial charge in [0.15, 0.2) is 0 Å². The van der Waals surface area contributed by atoms with E-state index in [9.17, 15) is 19.4 Å². The van der Waals surface area contributed by atoms with E-state index in [2.05, 4.69) is 4.90 Å². The minimum absolute atomic E-state index is 0.0101. The molecular formula is C28H33FN2O5. The van der Waals surface area contributed by atoms with Crippen LogP contribution in [0.1, 0.15) is 24.0 Å². The zero-order valence-corrected chi connectivity index (χ0v) is 20.5. The molecule has 2 aromatic carbocycles. The number of piperidine rings is 1. The number of nitrogens with zero attached hydrogens (tertiary/aromatic N) is 2. The number of ether oxygens (including phenoxy) is 2. The molecule has 7 nitrogen and oxygen atoms in total. The van der Waals surface area contributed by atoms with Crippen molar-refractivity contribution in [3.63, 3.8) is 0 Å². The highest BCUT2D eigenvalue weighted by Crippen LogP contribution is 2.25. The molecule has 1 aromatic heterocycles. The number of aromatic nitrogens is 1. The average molecular weight is 497 g/mol. The van der Waals surface area contributed by atoms with E-state index in [4.69, 9.17) is 9.47 Å². The lowest BCUT2D eigenvalue weighted by atomic mass is 9.90. The predicted octanol–water partition coefficient (Wildman–Crippen LogP) is 3.14. The van der Waals surface area contributed by atoms with Gasteiger partial charge >= 0.3 is 0 Å². The second-order valence-corrected chi connectivity index (χ2v) is 9.45. The Labute approximate surface area is 210 Å². The highest BCUT2D eigenvalue weighted by atomic mass is 19.1. The number of aliphatic hydroxyl groups excluding tert-OH is 1. The van der Waals surface area contributed by atoms with E-state index in [1.54, 1.807) is 10.6 Å². The van der Waals surface area contributed by atoms with Gasteiger partial charge in [0.1, 0.15) is 29.5 Å². The Balaban J connectivity index is 1.24. The first-order valence-electron chi connectivity index (χ1n) is 12.2. The summed E-state index contributed by atoms with van der Waals surface area (Å²) in [7, 11) is 0. The molecular weight excluding hydrogens is 463 g/mol. The van der Waals surface area contributed by atoms with E-state index in [0.29, 0.717) is 38.4 Å². The van der Waals surface area contributed by atoms with Crippen LogP contribution in [0.4, 0.5) is 4.39 Å². The molecule has 0 bridgehead atoms. The second-order valence-electron chi connectivity index (χ2n) is 9.45. The molecule has 2 heterocycles. The molecule has 36 heavy (non-hydrogen) atoms. The van der Waals surface area contributed by atoms with E-state index in [1.165, 1.54) is 24.3 Å². The molecule has 2 atom stereocenters. The molecule has 8 heteroatoms. The fourth-order valence-corrected chi connectivity index (χ4v) is 4.36. The van der Waals surface area contributed by atoms with Crippen molar-refractivity contribution in [3.05, 3.63) is 94.2 Å². The van der Waals surface area contributed by atoms with E-state index < -0.39 is 11.7 Å². The van der Waals surface area contributed by atoms with Gasteiger partial charge in [-0.05, 0) is 67.3 Å². The van der Waals surface area contributed by atoms with Crippen molar-refractivity contribution in [3.8, 4) is 11.5 Å². The van der Waals surface area contributed by atoms with Gasteiger partial charge in [0.25, 0.3) is 5.56 Å². The lowest BCUT2D eigenvalue weighted by Gasteiger charge is -2.42. The Bertz CT molecular complexity index is 1180. The van der Waals surface area contributed by atoms with Crippen molar-refractivity contribution in [2.45, 2.75) is 44.6 Å². The number of aryl methyl sites for hydroxylation is 2. The number of pyridine rings is 1. The van der Waals surface area contributed by atoms with Gasteiger partial charge in [0.2, 0.25) is 0 Å². The normalized spacial score (nSPS) is 20.3. The number of hydrogen-bond acceptors (Lipinski definition) is 6. The summed E-state index contributed by atoms with van der Waals surface area (Å²) in [4.78, 5) is 14.0. The van der Waals surface area contributed by atoms with E-state index in [-0.39, 0.29) is 24.5 Å². The van der Waals surface area contributed by atoms with E-state index >= 15 is 0 Å². The van der Waals surface area contributed by atoms with Gasteiger partial charge in [0.05, 0.1) is 12.7 Å². The summed E-state index contributed by atoms with van der Waals surface area (Å²) >= 11 is 0. The molecule has 192 valence electrons. The van der Waals surface area contributed by atoms with Crippen LogP contribution < -0.4 is 15.0 Å². The molecule has 1 aliphatic heterocycles. The average Bonchev–Trinajstić information content (AvgIpc) is 2.87. The summed E-state index contributed by atoms with van der Waals surface area (Å²) in [5, 5.41) is 21.5. The molecule has 4 rings (SSSR count). The number of benzene rings is 2. The summed E-state index contributed by atoms with van der Waals surface area (Å²) in [6.07, 6.45) is 2.10. The van der Waals surface area contributed by atoms with Crippen LogP contribution in [0.2, 0.25) is 0 Å². The number of β-amino-alcohol motifs (C(OH)–C–C–N with tert-alkyl or cyclic N) is 1. The molecule has 1 fully saturated rings. The molecule has 1 saturated heterocycles. The van der Waals surface area contributed by atoms with Crippen LogP contribution in [0.15, 0.2) is 71.7 Å². The van der Waals surface area contributed by atoms with Crippen LogP contribution in [-0.4, -0.2) is 57.7 Å². The Morgan fingerprint density at radius 3 is 2.47 bits per heavy atom. The lowest BCUT2D eigenvalue weighted by molar-refractivity contribution is -0.140. The summed E-state index contributed by atoms with van der Waals surface area (Å²) in [6, 6.07) is 16.8. The first-order chi connectivity index (χ1) is 17.3. The van der Waals surface area contributed by atoms with Gasteiger partial charge in [-0.3, -0.25) is 9.69 Å². The van der Waals surface area contributed by atoms with Gasteiger partial charge in [0, 0.05) is 38.4 Å². The summed E-state index contributed by atoms with van der Waals surface area (Å²) in [5.74, 6) is 0.838. The highest BCUT2D eigenvalue weighted by molar-refractivity contribution is 5.27. The number of halogens is 1. The zero-order chi connectivity index (χ0) is 25.5. The van der Waals surface area contributed by atoms with Crippen molar-refractivity contribution < 1.29 is 24.1 Å². The third-order valence-corrected chi connectivity index (χ3v) is 6.41. The maximum Gasteiger partial charge on any atom is 0.250 e. The molecule has 1 aliphatic rings. The van der Waals surface area contributed by atoms with Crippen LogP contribution >= 0.6 is 0 Å². The first-order valence-corrected chi connectivity index (χ1v) is 12.2. The fraction of sp³-hybridized carbons (Fsp3) is 0.393. The molecule has 0 saturated carbocycles. The Hall–Kier alpha value is -3.20. The van der Waals surface area contributed by atoms with Gasteiger partial charge in [-0.25, -0.2) is 4.39 Å². The van der Waals surface area contributed by atoms with Crippen LogP contribution in [0, 0.1) is 12.7 Å². The first kappa shape index (κ1) is 25.9. The van der Waals surface area contributed by atoms with Crippen molar-refractivity contribution in [1.82, 2.24) is 9.47 Å². The van der Waals surface area contributed by atoms with E-state index in [0.717, 1.165) is 23.3 Å². The van der Waals surface area contributed by atoms with Gasteiger partial charge in [-0.2, -0.15) is 0 Å². The van der Waals surface area contributed by atoms with Crippen molar-refractivity contribution in [2.24, 2.45) is 0 Å². The largest absolute Gasteiger partial charge is 0.494 e. The lowest BCUT2D eigenvalue weighted by Crippen LogP contribution is -2.59. The zero-order valence-electron chi connectivity index (χ0n) is 20.5. The minimum atomic E-state index is -1.42. The van der Waals surface area contributed by atoms with Crippen molar-refractivity contribution in [1.29, 1.82) is 0 Å². The van der Waals surface area contributed by atoms with Crippen LogP contribution in [0.5, 0.6) is 11.5 Å². The third kappa shape index (κ3) is 6.94. The fourth-order valence-electron chi connectivity index (χ4n) is 4.36. The van der Waals surface area contributed by atoms with Crippen molar-refractivity contribution >= 4 is 0 Å².